The minimum Gasteiger partial charge on any atom is -0.371 e. The van der Waals surface area contributed by atoms with E-state index in [1.165, 1.54) is 19.3 Å². The van der Waals surface area contributed by atoms with E-state index in [1.54, 1.807) is 22.3 Å². The van der Waals surface area contributed by atoms with Crippen LogP contribution in [-0.4, -0.2) is 42.8 Å². The van der Waals surface area contributed by atoms with Gasteiger partial charge in [0.1, 0.15) is 5.52 Å². The summed E-state index contributed by atoms with van der Waals surface area (Å²) in [5, 5.41) is 11.4. The molecule has 9 nitrogen and oxygen atoms in total. The normalized spacial score (nSPS) is 10.8. The van der Waals surface area contributed by atoms with Gasteiger partial charge in [0, 0.05) is 31.1 Å². The second kappa shape index (κ2) is 8.45. The Hall–Kier alpha value is -3.20. The van der Waals surface area contributed by atoms with E-state index in [0.717, 1.165) is 29.0 Å². The Morgan fingerprint density at radius 3 is 2.59 bits per heavy atom. The molecule has 0 spiro atoms. The number of aromatic nitrogens is 6. The average molecular weight is 367 g/mol. The molecule has 4 rings (SSSR count). The van der Waals surface area contributed by atoms with E-state index < -0.39 is 0 Å². The molecule has 5 N–H and O–H groups in total. The maximum absolute atomic E-state index is 5.70. The molecule has 9 heteroatoms. The summed E-state index contributed by atoms with van der Waals surface area (Å²) < 4.78 is 3.42. The monoisotopic (exact) mass is 367 g/mol. The lowest BCUT2D eigenvalue weighted by molar-refractivity contribution is 0.727. The van der Waals surface area contributed by atoms with Crippen LogP contribution in [-0.2, 0) is 0 Å². The zero-order valence-electron chi connectivity index (χ0n) is 15.6. The summed E-state index contributed by atoms with van der Waals surface area (Å²) in [5.74, 6) is 0.880. The van der Waals surface area contributed by atoms with E-state index in [9.17, 15) is 0 Å². The van der Waals surface area contributed by atoms with Gasteiger partial charge in [0.15, 0.2) is 11.5 Å². The molecule has 0 saturated heterocycles. The van der Waals surface area contributed by atoms with Gasteiger partial charge >= 0.3 is 0 Å². The molecule has 27 heavy (non-hydrogen) atoms. The van der Waals surface area contributed by atoms with Crippen LogP contribution in [0.2, 0.25) is 0 Å². The maximum atomic E-state index is 5.70. The largest absolute Gasteiger partial charge is 0.371 e. The van der Waals surface area contributed by atoms with Gasteiger partial charge in [0.05, 0.1) is 11.9 Å². The third-order valence-electron chi connectivity index (χ3n) is 4.11. The molecule has 4 heterocycles. The van der Waals surface area contributed by atoms with Crippen molar-refractivity contribution in [3.8, 4) is 11.3 Å². The maximum Gasteiger partial charge on any atom is 0.240 e. The van der Waals surface area contributed by atoms with Gasteiger partial charge in [0.2, 0.25) is 5.95 Å². The average Bonchev–Trinajstić information content (AvgIpc) is 3.32. The molecule has 0 fully saturated rings. The Balaban J connectivity index is 0.000000307. The van der Waals surface area contributed by atoms with Gasteiger partial charge in [-0.3, -0.25) is 0 Å². The molecule has 0 amide bonds. The van der Waals surface area contributed by atoms with Crippen LogP contribution in [0.1, 0.15) is 26.2 Å². The predicted molar refractivity (Wildman–Crippen MR) is 108 cm³/mol. The summed E-state index contributed by atoms with van der Waals surface area (Å²) in [6.07, 6.45) is 9.18. The fourth-order valence-electron chi connectivity index (χ4n) is 2.78. The number of nitrogen functional groups attached to an aromatic ring is 1. The second-order valence-electron chi connectivity index (χ2n) is 6.03. The number of nitrogens with one attached hydrogen (secondary N) is 1. The number of hydrogen-bond donors (Lipinski definition) is 3. The Morgan fingerprint density at radius 2 is 1.89 bits per heavy atom. The Morgan fingerprint density at radius 1 is 1.07 bits per heavy atom. The fourth-order valence-corrected chi connectivity index (χ4v) is 2.78. The molecule has 0 bridgehead atoms. The lowest BCUT2D eigenvalue weighted by atomic mass is 10.2. The molecule has 0 aromatic carbocycles. The van der Waals surface area contributed by atoms with E-state index in [-0.39, 0.29) is 5.95 Å². The van der Waals surface area contributed by atoms with Gasteiger partial charge in [-0.15, -0.1) is 5.10 Å². The third-order valence-corrected chi connectivity index (χ3v) is 4.11. The van der Waals surface area contributed by atoms with E-state index in [4.69, 9.17) is 11.5 Å². The summed E-state index contributed by atoms with van der Waals surface area (Å²) in [7, 11) is 1.80. The van der Waals surface area contributed by atoms with Crippen molar-refractivity contribution < 1.29 is 0 Å². The van der Waals surface area contributed by atoms with Gasteiger partial charge < -0.3 is 16.8 Å². The summed E-state index contributed by atoms with van der Waals surface area (Å²) in [6.45, 7) is 3.03. The van der Waals surface area contributed by atoms with Crippen molar-refractivity contribution in [2.24, 2.45) is 5.73 Å². The lowest BCUT2D eigenvalue weighted by Crippen LogP contribution is -2.05. The van der Waals surface area contributed by atoms with Crippen LogP contribution < -0.4 is 16.8 Å². The van der Waals surface area contributed by atoms with Crippen molar-refractivity contribution >= 4 is 22.9 Å². The molecule has 0 aliphatic heterocycles. The number of fused-ring (bicyclic) bond motifs is 2. The zero-order chi connectivity index (χ0) is 19.2. The van der Waals surface area contributed by atoms with E-state index in [1.807, 2.05) is 30.6 Å². The van der Waals surface area contributed by atoms with Crippen LogP contribution in [0, 0.1) is 0 Å². The first-order valence-corrected chi connectivity index (χ1v) is 9.01. The zero-order valence-corrected chi connectivity index (χ0v) is 15.6. The molecule has 0 unspecified atom stereocenters. The van der Waals surface area contributed by atoms with Crippen molar-refractivity contribution in [1.82, 2.24) is 29.2 Å². The predicted octanol–water partition coefficient (Wildman–Crippen LogP) is 2.20. The first-order valence-electron chi connectivity index (χ1n) is 9.01. The van der Waals surface area contributed by atoms with Crippen molar-refractivity contribution in [2.75, 3.05) is 24.6 Å². The number of nitrogens with two attached hydrogens (primary N) is 2. The highest BCUT2D eigenvalue weighted by Crippen LogP contribution is 2.28. The molecule has 4 aromatic heterocycles. The Labute approximate surface area is 157 Å². The van der Waals surface area contributed by atoms with Gasteiger partial charge in [-0.25, -0.2) is 14.0 Å². The summed E-state index contributed by atoms with van der Waals surface area (Å²) in [4.78, 5) is 8.82. The number of unbranched alkanes of at least 4 members (excludes halogenated alkanes) is 2. The molecular weight excluding hydrogens is 342 g/mol. The molecule has 4 aromatic rings. The number of anilines is 2. The van der Waals surface area contributed by atoms with Crippen LogP contribution in [0.25, 0.3) is 22.4 Å². The van der Waals surface area contributed by atoms with Gasteiger partial charge in [0.25, 0.3) is 0 Å². The van der Waals surface area contributed by atoms with Crippen LogP contribution in [0.5, 0.6) is 0 Å². The third kappa shape index (κ3) is 3.98. The highest BCUT2D eigenvalue weighted by Gasteiger charge is 2.13. The first kappa shape index (κ1) is 18.6. The highest BCUT2D eigenvalue weighted by atomic mass is 15.3. The first-order chi connectivity index (χ1) is 13.2. The van der Waals surface area contributed by atoms with Crippen molar-refractivity contribution in [1.29, 1.82) is 0 Å². The number of nitrogens with zero attached hydrogens (tertiary/aromatic N) is 6. The standard InChI is InChI=1S/C13H12N8.C5H13N/c1-15-12-11-8(3-6-21(11)19-13(14)18-12)9-4-7-20-10(17-9)2-5-16-20;1-2-3-4-5-6/h2-7H,1H3,(H3,14,15,18,19);2-6H2,1H3. The molecule has 0 atom stereocenters. The quantitative estimate of drug-likeness (QED) is 0.462. The van der Waals surface area contributed by atoms with E-state index in [0.29, 0.717) is 5.82 Å². The van der Waals surface area contributed by atoms with Crippen LogP contribution >= 0.6 is 0 Å². The Kier molecular flexibility index (Phi) is 5.82. The molecule has 0 radical (unpaired) electrons. The highest BCUT2D eigenvalue weighted by molar-refractivity contribution is 5.87. The smallest absolute Gasteiger partial charge is 0.240 e. The molecule has 0 aliphatic rings. The van der Waals surface area contributed by atoms with Crippen LogP contribution in [0.15, 0.2) is 36.8 Å². The number of hydrogen-bond acceptors (Lipinski definition) is 7. The fraction of sp³-hybridized carbons (Fsp3) is 0.333. The molecule has 142 valence electrons. The SMILES string of the molecule is CCCCCN.CNc1nc(N)nn2ccc(-c3ccn4nccc4n3)c12. The minimum atomic E-state index is 0.216. The lowest BCUT2D eigenvalue weighted by Gasteiger charge is -2.06. The summed E-state index contributed by atoms with van der Waals surface area (Å²) in [6, 6.07) is 5.71. The topological polar surface area (TPSA) is 124 Å². The van der Waals surface area contributed by atoms with E-state index in [2.05, 4.69) is 32.4 Å². The molecule has 0 aliphatic carbocycles. The Bertz CT molecular complexity index is 1010. The van der Waals surface area contributed by atoms with Crippen molar-refractivity contribution in [2.45, 2.75) is 26.2 Å². The van der Waals surface area contributed by atoms with Gasteiger partial charge in [-0.1, -0.05) is 19.8 Å². The van der Waals surface area contributed by atoms with Crippen molar-refractivity contribution in [3.05, 3.63) is 36.8 Å². The van der Waals surface area contributed by atoms with Crippen molar-refractivity contribution in [3.63, 3.8) is 0 Å². The second-order valence-corrected chi connectivity index (χ2v) is 6.03. The summed E-state index contributed by atoms with van der Waals surface area (Å²) in [5.41, 5.74) is 14.3. The van der Waals surface area contributed by atoms with E-state index >= 15 is 0 Å². The van der Waals surface area contributed by atoms with Gasteiger partial charge in [-0.2, -0.15) is 10.1 Å². The van der Waals surface area contributed by atoms with Crippen LogP contribution in [0.4, 0.5) is 11.8 Å². The molecular formula is C18H25N9. The molecule has 0 saturated carbocycles. The summed E-state index contributed by atoms with van der Waals surface area (Å²) >= 11 is 0. The number of rotatable bonds is 5. The van der Waals surface area contributed by atoms with Crippen LogP contribution in [0.3, 0.4) is 0 Å². The minimum absolute atomic E-state index is 0.216. The van der Waals surface area contributed by atoms with Gasteiger partial charge in [-0.05, 0) is 25.1 Å².